The first-order chi connectivity index (χ1) is 11.3. The van der Waals surface area contributed by atoms with Crippen molar-refractivity contribution in [1.29, 1.82) is 0 Å². The Morgan fingerprint density at radius 1 is 1.17 bits per heavy atom. The van der Waals surface area contributed by atoms with Crippen molar-refractivity contribution in [2.45, 2.75) is 6.92 Å². The molecule has 114 valence electrons. The highest BCUT2D eigenvalue weighted by molar-refractivity contribution is 5.79. The van der Waals surface area contributed by atoms with Crippen molar-refractivity contribution in [2.75, 3.05) is 6.61 Å². The van der Waals surface area contributed by atoms with Crippen LogP contribution in [0.15, 0.2) is 53.8 Å². The number of fused-ring (bicyclic) bond motifs is 3. The van der Waals surface area contributed by atoms with Crippen molar-refractivity contribution < 1.29 is 4.74 Å². The van der Waals surface area contributed by atoms with Gasteiger partial charge in [0.1, 0.15) is 12.1 Å². The highest BCUT2D eigenvalue weighted by atomic mass is 16.5. The summed E-state index contributed by atoms with van der Waals surface area (Å²) in [6.45, 7) is 2.44. The number of benzene rings is 1. The standard InChI is InChI=1S/C16H13N5O2/c1-2-23-14-6-4-3-5-13(14)20-8-7-12-11(15(20)22)9-17-16-18-10-19-21(12)16/h3-10H,2H2,1H3. The van der Waals surface area contributed by atoms with Gasteiger partial charge in [0.2, 0.25) is 0 Å². The molecule has 7 nitrogen and oxygen atoms in total. The van der Waals surface area contributed by atoms with Crippen molar-refractivity contribution >= 4 is 16.7 Å². The minimum atomic E-state index is -0.181. The zero-order chi connectivity index (χ0) is 15.8. The van der Waals surface area contributed by atoms with E-state index in [9.17, 15) is 4.79 Å². The maximum absolute atomic E-state index is 12.9. The first-order valence-corrected chi connectivity index (χ1v) is 7.22. The van der Waals surface area contributed by atoms with Crippen LogP contribution in [0.3, 0.4) is 0 Å². The Morgan fingerprint density at radius 3 is 2.91 bits per heavy atom. The summed E-state index contributed by atoms with van der Waals surface area (Å²) in [5, 5.41) is 4.58. The maximum atomic E-state index is 12.9. The molecule has 1 aromatic carbocycles. The number of nitrogens with zero attached hydrogens (tertiary/aromatic N) is 5. The van der Waals surface area contributed by atoms with E-state index >= 15 is 0 Å². The molecule has 0 saturated carbocycles. The molecule has 3 heterocycles. The molecular formula is C16H13N5O2. The molecule has 4 rings (SSSR count). The average Bonchev–Trinajstić information content (AvgIpc) is 3.05. The highest BCUT2D eigenvalue weighted by Gasteiger charge is 2.12. The number of aromatic nitrogens is 5. The Labute approximate surface area is 130 Å². The Hall–Kier alpha value is -3.22. The van der Waals surface area contributed by atoms with Crippen molar-refractivity contribution in [3.63, 3.8) is 0 Å². The van der Waals surface area contributed by atoms with Crippen LogP contribution >= 0.6 is 0 Å². The van der Waals surface area contributed by atoms with Gasteiger partial charge in [-0.05, 0) is 25.1 Å². The Balaban J connectivity index is 2.01. The molecule has 0 aliphatic heterocycles. The van der Waals surface area contributed by atoms with E-state index in [1.807, 2.05) is 37.3 Å². The van der Waals surface area contributed by atoms with Crippen LogP contribution in [0, 0.1) is 0 Å². The van der Waals surface area contributed by atoms with Gasteiger partial charge in [0.15, 0.2) is 0 Å². The average molecular weight is 307 g/mol. The Kier molecular flexibility index (Phi) is 3.04. The van der Waals surface area contributed by atoms with Crippen LogP contribution in [-0.2, 0) is 0 Å². The molecule has 4 aromatic rings. The van der Waals surface area contributed by atoms with Crippen molar-refractivity contribution in [1.82, 2.24) is 24.1 Å². The topological polar surface area (TPSA) is 74.3 Å². The van der Waals surface area contributed by atoms with Gasteiger partial charge in [-0.2, -0.15) is 14.6 Å². The maximum Gasteiger partial charge on any atom is 0.266 e. The number of rotatable bonds is 3. The van der Waals surface area contributed by atoms with Crippen LogP contribution in [0.1, 0.15) is 6.92 Å². The van der Waals surface area contributed by atoms with Crippen LogP contribution in [0.25, 0.3) is 22.4 Å². The number of ether oxygens (including phenoxy) is 1. The summed E-state index contributed by atoms with van der Waals surface area (Å²) in [6, 6.07) is 9.26. The third kappa shape index (κ3) is 2.05. The first-order valence-electron chi connectivity index (χ1n) is 7.22. The molecule has 3 aromatic heterocycles. The van der Waals surface area contributed by atoms with E-state index in [0.29, 0.717) is 34.7 Å². The van der Waals surface area contributed by atoms with Gasteiger partial charge < -0.3 is 4.74 Å². The van der Waals surface area contributed by atoms with E-state index < -0.39 is 0 Å². The quantitative estimate of drug-likeness (QED) is 0.577. The molecule has 0 aliphatic carbocycles. The molecule has 7 heteroatoms. The molecule has 23 heavy (non-hydrogen) atoms. The van der Waals surface area contributed by atoms with Crippen LogP contribution in [0.4, 0.5) is 0 Å². The number of hydrogen-bond donors (Lipinski definition) is 0. The summed E-state index contributed by atoms with van der Waals surface area (Å²) in [7, 11) is 0. The molecule has 0 fully saturated rings. The number of pyridine rings is 1. The molecule has 0 spiro atoms. The van der Waals surface area contributed by atoms with Crippen molar-refractivity contribution in [3.05, 3.63) is 59.4 Å². The molecule has 0 radical (unpaired) electrons. The van der Waals surface area contributed by atoms with E-state index in [-0.39, 0.29) is 5.56 Å². The van der Waals surface area contributed by atoms with Crippen LogP contribution in [0.2, 0.25) is 0 Å². The lowest BCUT2D eigenvalue weighted by Crippen LogP contribution is -2.19. The van der Waals surface area contributed by atoms with E-state index in [1.54, 1.807) is 15.3 Å². The van der Waals surface area contributed by atoms with Gasteiger partial charge in [-0.25, -0.2) is 4.98 Å². The normalized spacial score (nSPS) is 11.2. The largest absolute Gasteiger partial charge is 0.492 e. The third-order valence-corrected chi connectivity index (χ3v) is 3.60. The van der Waals surface area contributed by atoms with E-state index in [4.69, 9.17) is 4.74 Å². The fourth-order valence-corrected chi connectivity index (χ4v) is 2.59. The lowest BCUT2D eigenvalue weighted by atomic mass is 10.2. The minimum absolute atomic E-state index is 0.181. The minimum Gasteiger partial charge on any atom is -0.492 e. The van der Waals surface area contributed by atoms with Gasteiger partial charge >= 0.3 is 0 Å². The van der Waals surface area contributed by atoms with E-state index in [0.717, 1.165) is 0 Å². The lowest BCUT2D eigenvalue weighted by Gasteiger charge is -2.12. The Bertz CT molecular complexity index is 1070. The summed E-state index contributed by atoms with van der Waals surface area (Å²) in [4.78, 5) is 21.1. The summed E-state index contributed by atoms with van der Waals surface area (Å²) in [5.74, 6) is 1.12. The summed E-state index contributed by atoms with van der Waals surface area (Å²) < 4.78 is 8.72. The van der Waals surface area contributed by atoms with Gasteiger partial charge in [-0.1, -0.05) is 12.1 Å². The third-order valence-electron chi connectivity index (χ3n) is 3.60. The monoisotopic (exact) mass is 307 g/mol. The number of para-hydroxylation sites is 2. The summed E-state index contributed by atoms with van der Waals surface area (Å²) >= 11 is 0. The van der Waals surface area contributed by atoms with Gasteiger partial charge in [0.05, 0.1) is 23.2 Å². The molecule has 0 amide bonds. The predicted molar refractivity (Wildman–Crippen MR) is 85.1 cm³/mol. The van der Waals surface area contributed by atoms with Gasteiger partial charge in [-0.3, -0.25) is 9.36 Å². The van der Waals surface area contributed by atoms with E-state index in [1.165, 1.54) is 12.5 Å². The van der Waals surface area contributed by atoms with Crippen LogP contribution in [0.5, 0.6) is 5.75 Å². The Morgan fingerprint density at radius 2 is 2.04 bits per heavy atom. The van der Waals surface area contributed by atoms with Gasteiger partial charge in [0.25, 0.3) is 11.3 Å². The highest BCUT2D eigenvalue weighted by Crippen LogP contribution is 2.22. The SMILES string of the molecule is CCOc1ccccc1-n1ccc2c(cnc3ncnn32)c1=O. The lowest BCUT2D eigenvalue weighted by molar-refractivity contribution is 0.339. The zero-order valence-corrected chi connectivity index (χ0v) is 12.4. The summed E-state index contributed by atoms with van der Waals surface area (Å²) in [6.07, 6.45) is 4.66. The summed E-state index contributed by atoms with van der Waals surface area (Å²) in [5.41, 5.74) is 1.18. The first kappa shape index (κ1) is 13.4. The second kappa shape index (κ2) is 5.20. The molecule has 0 saturated heterocycles. The second-order valence-electron chi connectivity index (χ2n) is 4.92. The molecule has 0 aliphatic rings. The molecule has 0 bridgehead atoms. The van der Waals surface area contributed by atoms with Crippen LogP contribution < -0.4 is 10.3 Å². The number of hydrogen-bond acceptors (Lipinski definition) is 5. The van der Waals surface area contributed by atoms with Crippen molar-refractivity contribution in [3.8, 4) is 11.4 Å². The fourth-order valence-electron chi connectivity index (χ4n) is 2.59. The molecular weight excluding hydrogens is 294 g/mol. The van der Waals surface area contributed by atoms with Gasteiger partial charge in [0, 0.05) is 12.4 Å². The zero-order valence-electron chi connectivity index (χ0n) is 12.4. The van der Waals surface area contributed by atoms with Gasteiger partial charge in [-0.15, -0.1) is 0 Å². The molecule has 0 N–H and O–H groups in total. The fraction of sp³-hybridized carbons (Fsp3) is 0.125. The molecule has 0 unspecified atom stereocenters. The predicted octanol–water partition coefficient (Wildman–Crippen LogP) is 1.83. The van der Waals surface area contributed by atoms with E-state index in [2.05, 4.69) is 15.1 Å². The van der Waals surface area contributed by atoms with Crippen LogP contribution in [-0.4, -0.2) is 30.8 Å². The van der Waals surface area contributed by atoms with Crippen molar-refractivity contribution in [2.24, 2.45) is 0 Å². The smallest absolute Gasteiger partial charge is 0.266 e. The molecule has 0 atom stereocenters. The second-order valence-corrected chi connectivity index (χ2v) is 4.92.